The standard InChI is InChI=1S/C22H19BrFN3O3/c23-13-1-3-15-17(11-25-18(15)9-13)21(22(28)29)27-7-5-12(6-8-27)20-16-4-2-14(24)10-19(16)30-26-20/h1-4,9-12,21,25H,5-8H2,(H,28,29). The van der Waals surface area contributed by atoms with Gasteiger partial charge in [-0.15, -0.1) is 0 Å². The fourth-order valence-electron chi connectivity index (χ4n) is 4.49. The molecule has 0 amide bonds. The number of aromatic amines is 1. The number of hydrogen-bond donors (Lipinski definition) is 2. The van der Waals surface area contributed by atoms with Crippen LogP contribution in [0.15, 0.2) is 51.6 Å². The van der Waals surface area contributed by atoms with Crippen molar-refractivity contribution in [3.63, 3.8) is 0 Å². The molecule has 0 bridgehead atoms. The highest BCUT2D eigenvalue weighted by molar-refractivity contribution is 9.10. The van der Waals surface area contributed by atoms with Crippen LogP contribution < -0.4 is 0 Å². The Balaban J connectivity index is 1.39. The first-order chi connectivity index (χ1) is 14.5. The lowest BCUT2D eigenvalue weighted by Crippen LogP contribution is -2.39. The fraction of sp³-hybridized carbons (Fsp3) is 0.273. The second kappa shape index (κ2) is 7.52. The van der Waals surface area contributed by atoms with E-state index in [9.17, 15) is 14.3 Å². The number of carboxylic acids is 1. The van der Waals surface area contributed by atoms with E-state index in [0.29, 0.717) is 18.7 Å². The van der Waals surface area contributed by atoms with Gasteiger partial charge in [-0.3, -0.25) is 9.69 Å². The van der Waals surface area contributed by atoms with Crippen molar-refractivity contribution < 1.29 is 18.8 Å². The summed E-state index contributed by atoms with van der Waals surface area (Å²) in [4.78, 5) is 17.4. The summed E-state index contributed by atoms with van der Waals surface area (Å²) >= 11 is 3.45. The number of halogens is 2. The molecule has 1 aliphatic heterocycles. The molecule has 1 atom stereocenters. The van der Waals surface area contributed by atoms with Crippen molar-refractivity contribution in [1.82, 2.24) is 15.0 Å². The molecule has 6 nitrogen and oxygen atoms in total. The molecule has 0 aliphatic carbocycles. The van der Waals surface area contributed by atoms with Crippen molar-refractivity contribution in [2.24, 2.45) is 0 Å². The van der Waals surface area contributed by atoms with Gasteiger partial charge in [0.25, 0.3) is 0 Å². The van der Waals surface area contributed by atoms with Gasteiger partial charge in [0, 0.05) is 44.5 Å². The van der Waals surface area contributed by atoms with Crippen LogP contribution in [-0.4, -0.2) is 39.2 Å². The molecule has 2 aromatic heterocycles. The minimum Gasteiger partial charge on any atom is -0.480 e. The maximum Gasteiger partial charge on any atom is 0.325 e. The minimum absolute atomic E-state index is 0.154. The summed E-state index contributed by atoms with van der Waals surface area (Å²) < 4.78 is 19.7. The van der Waals surface area contributed by atoms with E-state index in [0.717, 1.165) is 44.9 Å². The molecular formula is C22H19BrFN3O3. The van der Waals surface area contributed by atoms with E-state index in [2.05, 4.69) is 26.1 Å². The largest absolute Gasteiger partial charge is 0.480 e. The van der Waals surface area contributed by atoms with E-state index in [1.807, 2.05) is 23.1 Å². The van der Waals surface area contributed by atoms with Crippen LogP contribution in [-0.2, 0) is 4.79 Å². The molecule has 8 heteroatoms. The highest BCUT2D eigenvalue weighted by Gasteiger charge is 2.34. The number of carboxylic acid groups (broad SMARTS) is 1. The zero-order valence-corrected chi connectivity index (χ0v) is 17.5. The Kier molecular flexibility index (Phi) is 4.83. The van der Waals surface area contributed by atoms with Crippen LogP contribution in [0.4, 0.5) is 4.39 Å². The van der Waals surface area contributed by atoms with Gasteiger partial charge in [-0.25, -0.2) is 4.39 Å². The molecule has 1 fully saturated rings. The smallest absolute Gasteiger partial charge is 0.325 e. The van der Waals surface area contributed by atoms with Crippen LogP contribution in [0.3, 0.4) is 0 Å². The number of hydrogen-bond acceptors (Lipinski definition) is 4. The molecule has 154 valence electrons. The predicted molar refractivity (Wildman–Crippen MR) is 114 cm³/mol. The molecule has 0 saturated carbocycles. The van der Waals surface area contributed by atoms with Gasteiger partial charge in [-0.05, 0) is 50.2 Å². The molecule has 30 heavy (non-hydrogen) atoms. The van der Waals surface area contributed by atoms with Crippen molar-refractivity contribution in [1.29, 1.82) is 0 Å². The number of likely N-dealkylation sites (tertiary alicyclic amines) is 1. The highest BCUT2D eigenvalue weighted by atomic mass is 79.9. The number of rotatable bonds is 4. The average Bonchev–Trinajstić information content (AvgIpc) is 3.32. The van der Waals surface area contributed by atoms with Gasteiger partial charge in [0.1, 0.15) is 11.9 Å². The second-order valence-electron chi connectivity index (χ2n) is 7.69. The number of benzene rings is 2. The van der Waals surface area contributed by atoms with Crippen LogP contribution in [0.2, 0.25) is 0 Å². The first kappa shape index (κ1) is 19.3. The molecule has 2 aromatic carbocycles. The van der Waals surface area contributed by atoms with Crippen molar-refractivity contribution in [3.05, 3.63) is 64.1 Å². The molecule has 5 rings (SSSR count). The molecule has 0 radical (unpaired) electrons. The van der Waals surface area contributed by atoms with Crippen LogP contribution >= 0.6 is 15.9 Å². The van der Waals surface area contributed by atoms with Crippen molar-refractivity contribution >= 4 is 43.8 Å². The maximum absolute atomic E-state index is 13.4. The van der Waals surface area contributed by atoms with Crippen LogP contribution in [0, 0.1) is 5.82 Å². The molecule has 4 aromatic rings. The van der Waals surface area contributed by atoms with Gasteiger partial charge >= 0.3 is 5.97 Å². The summed E-state index contributed by atoms with van der Waals surface area (Å²) in [5.74, 6) is -1.06. The van der Waals surface area contributed by atoms with Gasteiger partial charge in [-0.1, -0.05) is 27.2 Å². The van der Waals surface area contributed by atoms with Gasteiger partial charge in [0.2, 0.25) is 0 Å². The zero-order valence-electron chi connectivity index (χ0n) is 15.9. The van der Waals surface area contributed by atoms with Gasteiger partial charge in [-0.2, -0.15) is 0 Å². The fourth-order valence-corrected chi connectivity index (χ4v) is 4.85. The van der Waals surface area contributed by atoms with E-state index < -0.39 is 12.0 Å². The molecule has 2 N–H and O–H groups in total. The van der Waals surface area contributed by atoms with E-state index in [1.54, 1.807) is 12.3 Å². The lowest BCUT2D eigenvalue weighted by atomic mass is 9.90. The summed E-state index contributed by atoms with van der Waals surface area (Å²) in [5.41, 5.74) is 2.95. The lowest BCUT2D eigenvalue weighted by molar-refractivity contribution is -0.144. The molecular weight excluding hydrogens is 453 g/mol. The van der Waals surface area contributed by atoms with Crippen molar-refractivity contribution in [3.8, 4) is 0 Å². The average molecular weight is 472 g/mol. The second-order valence-corrected chi connectivity index (χ2v) is 8.61. The minimum atomic E-state index is -0.861. The number of piperidine rings is 1. The topological polar surface area (TPSA) is 82.4 Å². The van der Waals surface area contributed by atoms with Gasteiger partial charge in [0.05, 0.1) is 5.69 Å². The summed E-state index contributed by atoms with van der Waals surface area (Å²) in [6.07, 6.45) is 3.31. The molecule has 1 saturated heterocycles. The third-order valence-corrected chi connectivity index (χ3v) is 6.44. The van der Waals surface area contributed by atoms with Crippen LogP contribution in [0.1, 0.15) is 36.1 Å². The third-order valence-electron chi connectivity index (χ3n) is 5.95. The summed E-state index contributed by atoms with van der Waals surface area (Å²) in [5, 5.41) is 15.9. The predicted octanol–water partition coefficient (Wildman–Crippen LogP) is 5.22. The van der Waals surface area contributed by atoms with E-state index in [4.69, 9.17) is 4.52 Å². The maximum atomic E-state index is 13.4. The molecule has 3 heterocycles. The summed E-state index contributed by atoms with van der Waals surface area (Å²) in [7, 11) is 0. The molecule has 0 spiro atoms. The number of fused-ring (bicyclic) bond motifs is 2. The molecule has 1 unspecified atom stereocenters. The number of nitrogens with one attached hydrogen (secondary N) is 1. The number of aromatic nitrogens is 2. The first-order valence-electron chi connectivity index (χ1n) is 9.79. The Morgan fingerprint density at radius 2 is 2.00 bits per heavy atom. The number of carbonyl (C=O) groups is 1. The normalized spacial score (nSPS) is 17.0. The Morgan fingerprint density at radius 1 is 1.23 bits per heavy atom. The Bertz CT molecular complexity index is 1240. The first-order valence-corrected chi connectivity index (χ1v) is 10.6. The SMILES string of the molecule is O=C(O)C(c1c[nH]c2cc(Br)ccc12)N1CCC(c2noc3cc(F)ccc23)CC1. The molecule has 1 aliphatic rings. The number of aliphatic carboxylic acids is 1. The van der Waals surface area contributed by atoms with E-state index >= 15 is 0 Å². The number of H-pyrrole nitrogens is 1. The monoisotopic (exact) mass is 471 g/mol. The number of nitrogens with zero attached hydrogens (tertiary/aromatic N) is 2. The Labute approximate surface area is 179 Å². The highest BCUT2D eigenvalue weighted by Crippen LogP contribution is 2.37. The van der Waals surface area contributed by atoms with Crippen LogP contribution in [0.25, 0.3) is 21.9 Å². The van der Waals surface area contributed by atoms with Gasteiger partial charge in [0.15, 0.2) is 5.58 Å². The summed E-state index contributed by atoms with van der Waals surface area (Å²) in [6.45, 7) is 1.25. The third kappa shape index (κ3) is 3.30. The Morgan fingerprint density at radius 3 is 2.77 bits per heavy atom. The lowest BCUT2D eigenvalue weighted by Gasteiger charge is -2.35. The quantitative estimate of drug-likeness (QED) is 0.426. The zero-order chi connectivity index (χ0) is 20.8. The van der Waals surface area contributed by atoms with E-state index in [-0.39, 0.29) is 11.7 Å². The summed E-state index contributed by atoms with van der Waals surface area (Å²) in [6, 6.07) is 9.54. The van der Waals surface area contributed by atoms with Gasteiger partial charge < -0.3 is 14.6 Å². The van der Waals surface area contributed by atoms with Crippen LogP contribution in [0.5, 0.6) is 0 Å². The van der Waals surface area contributed by atoms with E-state index in [1.165, 1.54) is 12.1 Å². The Hall–Kier alpha value is -2.71. The van der Waals surface area contributed by atoms with Crippen molar-refractivity contribution in [2.75, 3.05) is 13.1 Å². The van der Waals surface area contributed by atoms with Crippen molar-refractivity contribution in [2.45, 2.75) is 24.8 Å².